The van der Waals surface area contributed by atoms with Crippen LogP contribution in [0.25, 0.3) is 11.1 Å². The summed E-state index contributed by atoms with van der Waals surface area (Å²) in [6.45, 7) is 11.7. The second kappa shape index (κ2) is 7.07. The molecule has 0 spiro atoms. The summed E-state index contributed by atoms with van der Waals surface area (Å²) in [5, 5.41) is 8.14. The van der Waals surface area contributed by atoms with Gasteiger partial charge in [-0.1, -0.05) is 19.0 Å². The van der Waals surface area contributed by atoms with E-state index in [9.17, 15) is 4.79 Å². The molecule has 1 fully saturated rings. The lowest BCUT2D eigenvalue weighted by molar-refractivity contribution is 0.0604. The normalized spacial score (nSPS) is 21.2. The maximum atomic E-state index is 13.2. The molecule has 2 aromatic heterocycles. The molecular formula is C17H25ClN4O2. The van der Waals surface area contributed by atoms with Crippen LogP contribution in [0.5, 0.6) is 0 Å². The minimum atomic E-state index is 0. The second-order valence-electron chi connectivity index (χ2n) is 6.68. The van der Waals surface area contributed by atoms with Crippen LogP contribution in [0.2, 0.25) is 0 Å². The van der Waals surface area contributed by atoms with Crippen molar-refractivity contribution in [2.45, 2.75) is 52.6 Å². The number of nitrogens with one attached hydrogen (secondary N) is 1. The first kappa shape index (κ1) is 18.7. The number of rotatable bonds is 2. The van der Waals surface area contributed by atoms with Gasteiger partial charge in [0.05, 0.1) is 16.6 Å². The van der Waals surface area contributed by atoms with Gasteiger partial charge in [-0.2, -0.15) is 0 Å². The molecule has 3 heterocycles. The van der Waals surface area contributed by atoms with E-state index in [1.807, 2.05) is 17.9 Å². The smallest absolute Gasteiger partial charge is 0.259 e. The fourth-order valence-corrected chi connectivity index (χ4v) is 3.08. The highest BCUT2D eigenvalue weighted by molar-refractivity contribution is 6.06. The van der Waals surface area contributed by atoms with Crippen LogP contribution in [0.4, 0.5) is 0 Å². The van der Waals surface area contributed by atoms with E-state index in [2.05, 4.69) is 43.2 Å². The lowest BCUT2D eigenvalue weighted by atomic mass is 10.0. The Hall–Kier alpha value is -1.66. The van der Waals surface area contributed by atoms with E-state index < -0.39 is 0 Å². The topological polar surface area (TPSA) is 71.3 Å². The van der Waals surface area contributed by atoms with Gasteiger partial charge in [0.2, 0.25) is 0 Å². The lowest BCUT2D eigenvalue weighted by Crippen LogP contribution is -2.57. The zero-order chi connectivity index (χ0) is 16.7. The number of aryl methyl sites for hydroxylation is 1. The third-order valence-corrected chi connectivity index (χ3v) is 4.75. The monoisotopic (exact) mass is 352 g/mol. The Labute approximate surface area is 148 Å². The molecule has 1 aliphatic heterocycles. The summed E-state index contributed by atoms with van der Waals surface area (Å²) >= 11 is 0. The Morgan fingerprint density at radius 3 is 2.79 bits per heavy atom. The summed E-state index contributed by atoms with van der Waals surface area (Å²) in [7, 11) is 0. The summed E-state index contributed by atoms with van der Waals surface area (Å²) in [4.78, 5) is 19.6. The zero-order valence-electron chi connectivity index (χ0n) is 14.8. The van der Waals surface area contributed by atoms with Gasteiger partial charge in [0.25, 0.3) is 11.6 Å². The molecule has 1 N–H and O–H groups in total. The van der Waals surface area contributed by atoms with Crippen molar-refractivity contribution in [3.63, 3.8) is 0 Å². The van der Waals surface area contributed by atoms with Crippen molar-refractivity contribution in [1.82, 2.24) is 20.4 Å². The Morgan fingerprint density at radius 2 is 2.12 bits per heavy atom. The molecule has 0 saturated carbocycles. The Bertz CT molecular complexity index is 744. The molecule has 0 radical (unpaired) electrons. The molecule has 0 bridgehead atoms. The highest BCUT2D eigenvalue weighted by atomic mass is 35.5. The Balaban J connectivity index is 0.00000208. The van der Waals surface area contributed by atoms with Gasteiger partial charge in [-0.05, 0) is 32.8 Å². The molecule has 7 heteroatoms. The average Bonchev–Trinajstić information content (AvgIpc) is 2.90. The van der Waals surface area contributed by atoms with Gasteiger partial charge in [-0.3, -0.25) is 4.79 Å². The first-order valence-electron chi connectivity index (χ1n) is 8.21. The quantitative estimate of drug-likeness (QED) is 0.899. The third-order valence-electron chi connectivity index (χ3n) is 4.75. The van der Waals surface area contributed by atoms with Crippen LogP contribution >= 0.6 is 12.4 Å². The molecule has 2 unspecified atom stereocenters. The number of carbonyl (C=O) groups excluding carboxylic acids is 1. The number of hydrogen-bond donors (Lipinski definition) is 1. The highest BCUT2D eigenvalue weighted by Crippen LogP contribution is 2.27. The van der Waals surface area contributed by atoms with E-state index in [0.717, 1.165) is 17.6 Å². The van der Waals surface area contributed by atoms with E-state index in [-0.39, 0.29) is 36.3 Å². The number of aromatic nitrogens is 2. The maximum absolute atomic E-state index is 13.2. The van der Waals surface area contributed by atoms with Crippen molar-refractivity contribution in [1.29, 1.82) is 0 Å². The number of halogens is 1. The number of piperazine rings is 1. The average molecular weight is 353 g/mol. The number of carbonyl (C=O) groups is 1. The molecule has 1 amide bonds. The second-order valence-corrected chi connectivity index (χ2v) is 6.68. The van der Waals surface area contributed by atoms with Crippen LogP contribution in [0.15, 0.2) is 10.6 Å². The molecular weight excluding hydrogens is 328 g/mol. The summed E-state index contributed by atoms with van der Waals surface area (Å²) < 4.78 is 5.32. The van der Waals surface area contributed by atoms with Gasteiger partial charge in [0.15, 0.2) is 0 Å². The maximum Gasteiger partial charge on any atom is 0.259 e. The van der Waals surface area contributed by atoms with Crippen LogP contribution in [0.1, 0.15) is 55.4 Å². The van der Waals surface area contributed by atoms with Gasteiger partial charge in [-0.25, -0.2) is 4.98 Å². The first-order valence-corrected chi connectivity index (χ1v) is 8.21. The number of nitrogens with zero attached hydrogens (tertiary/aromatic N) is 3. The van der Waals surface area contributed by atoms with Crippen LogP contribution in [0, 0.1) is 6.92 Å². The molecule has 132 valence electrons. The van der Waals surface area contributed by atoms with Crippen molar-refractivity contribution < 1.29 is 9.32 Å². The molecule has 0 aromatic carbocycles. The molecule has 24 heavy (non-hydrogen) atoms. The van der Waals surface area contributed by atoms with E-state index in [1.54, 1.807) is 0 Å². The first-order chi connectivity index (χ1) is 10.9. The van der Waals surface area contributed by atoms with E-state index >= 15 is 0 Å². The Kier molecular flexibility index (Phi) is 5.50. The van der Waals surface area contributed by atoms with Crippen LogP contribution in [0.3, 0.4) is 0 Å². The van der Waals surface area contributed by atoms with E-state index in [0.29, 0.717) is 23.5 Å². The number of hydrogen-bond acceptors (Lipinski definition) is 5. The lowest BCUT2D eigenvalue weighted by Gasteiger charge is -2.38. The number of amides is 1. The number of fused-ring (bicyclic) bond motifs is 1. The van der Waals surface area contributed by atoms with Gasteiger partial charge >= 0.3 is 0 Å². The molecule has 6 nitrogen and oxygen atoms in total. The SMILES string of the molecule is Cc1noc2nc(C(C)C)cc(C(=O)N3CCNC(C)C3C)c12.Cl. The summed E-state index contributed by atoms with van der Waals surface area (Å²) in [5.74, 6) is 0.252. The van der Waals surface area contributed by atoms with E-state index in [1.165, 1.54) is 0 Å². The van der Waals surface area contributed by atoms with Crippen LogP contribution in [-0.4, -0.2) is 46.1 Å². The molecule has 1 saturated heterocycles. The minimum Gasteiger partial charge on any atom is -0.336 e. The van der Waals surface area contributed by atoms with Gasteiger partial charge < -0.3 is 14.7 Å². The van der Waals surface area contributed by atoms with Crippen molar-refractivity contribution in [3.05, 3.63) is 23.0 Å². The summed E-state index contributed by atoms with van der Waals surface area (Å²) in [5.41, 5.74) is 2.67. The standard InChI is InChI=1S/C17H24N4O2.ClH/c1-9(2)14-8-13(15-11(4)20-23-16(15)19-14)17(22)21-7-6-18-10(3)12(21)5;/h8-10,12,18H,6-7H2,1-5H3;1H. The molecule has 0 aliphatic carbocycles. The molecule has 2 atom stereocenters. The van der Waals surface area contributed by atoms with Crippen molar-refractivity contribution in [2.24, 2.45) is 0 Å². The van der Waals surface area contributed by atoms with Gasteiger partial charge in [0, 0.05) is 30.9 Å². The van der Waals surface area contributed by atoms with Crippen molar-refractivity contribution >= 4 is 29.4 Å². The predicted molar refractivity (Wildman–Crippen MR) is 95.8 cm³/mol. The summed E-state index contributed by atoms with van der Waals surface area (Å²) in [6.07, 6.45) is 0. The molecule has 2 aromatic rings. The summed E-state index contributed by atoms with van der Waals surface area (Å²) in [6, 6.07) is 2.32. The predicted octanol–water partition coefficient (Wildman–Crippen LogP) is 2.90. The van der Waals surface area contributed by atoms with Crippen molar-refractivity contribution in [3.8, 4) is 0 Å². The molecule has 1 aliphatic rings. The number of pyridine rings is 1. The largest absolute Gasteiger partial charge is 0.336 e. The zero-order valence-corrected chi connectivity index (χ0v) is 15.6. The fourth-order valence-electron chi connectivity index (χ4n) is 3.08. The van der Waals surface area contributed by atoms with Crippen LogP contribution in [-0.2, 0) is 0 Å². The minimum absolute atomic E-state index is 0. The molecule has 3 rings (SSSR count). The van der Waals surface area contributed by atoms with Gasteiger partial charge in [-0.15, -0.1) is 12.4 Å². The van der Waals surface area contributed by atoms with Gasteiger partial charge in [0.1, 0.15) is 0 Å². The Morgan fingerprint density at radius 1 is 1.42 bits per heavy atom. The van der Waals surface area contributed by atoms with Crippen LogP contribution < -0.4 is 5.32 Å². The van der Waals surface area contributed by atoms with Crippen molar-refractivity contribution in [2.75, 3.05) is 13.1 Å². The third kappa shape index (κ3) is 3.13. The highest BCUT2D eigenvalue weighted by Gasteiger charge is 2.31. The van der Waals surface area contributed by atoms with E-state index in [4.69, 9.17) is 4.52 Å². The fraction of sp³-hybridized carbons (Fsp3) is 0.588.